The van der Waals surface area contributed by atoms with Gasteiger partial charge < -0.3 is 9.80 Å². The molecule has 2 aliphatic heterocycles. The molecule has 0 aliphatic carbocycles. The summed E-state index contributed by atoms with van der Waals surface area (Å²) in [5.41, 5.74) is 0.439. The summed E-state index contributed by atoms with van der Waals surface area (Å²) in [5, 5.41) is 1.85. The average molecular weight is 422 g/mol. The van der Waals surface area contributed by atoms with Crippen LogP contribution in [0.5, 0.6) is 0 Å². The van der Waals surface area contributed by atoms with Crippen molar-refractivity contribution in [2.24, 2.45) is 5.92 Å². The number of carbonyl (C=O) groups is 2. The molecule has 1 aromatic heterocycles. The zero-order valence-corrected chi connectivity index (χ0v) is 16.6. The molecule has 2 amide bonds. The van der Waals surface area contributed by atoms with Crippen molar-refractivity contribution in [2.45, 2.75) is 31.9 Å². The van der Waals surface area contributed by atoms with Gasteiger partial charge in [0.2, 0.25) is 5.91 Å². The Bertz CT molecular complexity index is 911. The summed E-state index contributed by atoms with van der Waals surface area (Å²) in [7, 11) is 0. The number of thiophene rings is 1. The summed E-state index contributed by atoms with van der Waals surface area (Å²) in [5.74, 6) is -0.498. The summed E-state index contributed by atoms with van der Waals surface area (Å²) in [6.45, 7) is 1.46. The molecule has 4 nitrogen and oxygen atoms in total. The topological polar surface area (TPSA) is 40.6 Å². The molecule has 0 N–H and O–H groups in total. The first-order valence-electron chi connectivity index (χ1n) is 9.69. The second kappa shape index (κ2) is 7.82. The maximum absolute atomic E-state index is 13.2. The monoisotopic (exact) mass is 422 g/mol. The third kappa shape index (κ3) is 4.03. The number of benzene rings is 1. The lowest BCUT2D eigenvalue weighted by Gasteiger charge is -2.37. The van der Waals surface area contributed by atoms with Gasteiger partial charge in [-0.15, -0.1) is 11.3 Å². The van der Waals surface area contributed by atoms with Crippen molar-refractivity contribution < 1.29 is 22.8 Å². The second-order valence-electron chi connectivity index (χ2n) is 7.50. The lowest BCUT2D eigenvalue weighted by molar-refractivity contribution is -0.137. The van der Waals surface area contributed by atoms with Crippen LogP contribution >= 0.6 is 11.3 Å². The Morgan fingerprint density at radius 1 is 1.10 bits per heavy atom. The van der Waals surface area contributed by atoms with Gasteiger partial charge in [0.25, 0.3) is 5.91 Å². The van der Waals surface area contributed by atoms with Crippen LogP contribution in [0.3, 0.4) is 0 Å². The first-order valence-corrected chi connectivity index (χ1v) is 10.6. The van der Waals surface area contributed by atoms with Gasteiger partial charge in [0.05, 0.1) is 16.4 Å². The van der Waals surface area contributed by atoms with E-state index in [1.807, 2.05) is 11.4 Å². The molecule has 1 aromatic carbocycles. The normalized spacial score (nSPS) is 19.8. The highest BCUT2D eigenvalue weighted by molar-refractivity contribution is 7.12. The molecule has 29 heavy (non-hydrogen) atoms. The van der Waals surface area contributed by atoms with Crippen molar-refractivity contribution in [2.75, 3.05) is 24.5 Å². The Labute approximate surface area is 170 Å². The number of hydrogen-bond donors (Lipinski definition) is 0. The predicted octanol–water partition coefficient (Wildman–Crippen LogP) is 4.60. The fraction of sp³-hybridized carbons (Fsp3) is 0.429. The highest BCUT2D eigenvalue weighted by Gasteiger charge is 2.36. The molecule has 0 spiro atoms. The van der Waals surface area contributed by atoms with Crippen molar-refractivity contribution in [3.8, 4) is 0 Å². The smallest absolute Gasteiger partial charge is 0.337 e. The van der Waals surface area contributed by atoms with E-state index in [0.29, 0.717) is 55.0 Å². The Balaban J connectivity index is 1.52. The van der Waals surface area contributed by atoms with Crippen molar-refractivity contribution in [3.05, 3.63) is 51.7 Å². The Morgan fingerprint density at radius 3 is 2.66 bits per heavy atom. The summed E-state index contributed by atoms with van der Waals surface area (Å²) in [6.07, 6.45) is -1.82. The number of aryl methyl sites for hydroxylation is 1. The SMILES string of the molecule is O=C(c1cccs1)N1CCCC(C(=O)N2CCCc3cc(C(F)(F)F)ccc32)C1. The quantitative estimate of drug-likeness (QED) is 0.710. The summed E-state index contributed by atoms with van der Waals surface area (Å²) in [4.78, 5) is 29.8. The molecule has 0 radical (unpaired) electrons. The van der Waals surface area contributed by atoms with E-state index >= 15 is 0 Å². The minimum absolute atomic E-state index is 0.0636. The maximum Gasteiger partial charge on any atom is 0.416 e. The number of likely N-dealkylation sites (tertiary alicyclic amines) is 1. The second-order valence-corrected chi connectivity index (χ2v) is 8.45. The third-order valence-electron chi connectivity index (χ3n) is 5.58. The zero-order chi connectivity index (χ0) is 20.6. The molecule has 154 valence electrons. The fourth-order valence-electron chi connectivity index (χ4n) is 4.14. The number of anilines is 1. The molecule has 1 unspecified atom stereocenters. The van der Waals surface area contributed by atoms with E-state index in [4.69, 9.17) is 0 Å². The molecule has 1 fully saturated rings. The van der Waals surface area contributed by atoms with E-state index in [1.165, 1.54) is 17.4 Å². The van der Waals surface area contributed by atoms with Crippen molar-refractivity contribution in [1.82, 2.24) is 4.90 Å². The van der Waals surface area contributed by atoms with Gasteiger partial charge >= 0.3 is 6.18 Å². The fourth-order valence-corrected chi connectivity index (χ4v) is 4.83. The number of amides is 2. The number of halogens is 3. The zero-order valence-electron chi connectivity index (χ0n) is 15.7. The molecule has 8 heteroatoms. The highest BCUT2D eigenvalue weighted by Crippen LogP contribution is 2.36. The molecule has 4 rings (SSSR count). The molecular formula is C21H21F3N2O2S. The minimum Gasteiger partial charge on any atom is -0.337 e. The number of piperidine rings is 1. The Hall–Kier alpha value is -2.35. The summed E-state index contributed by atoms with van der Waals surface area (Å²) in [6, 6.07) is 7.20. The molecule has 2 aromatic rings. The molecule has 2 aliphatic rings. The Morgan fingerprint density at radius 2 is 1.93 bits per heavy atom. The maximum atomic E-state index is 13.2. The van der Waals surface area contributed by atoms with Gasteiger partial charge in [0.1, 0.15) is 0 Å². The van der Waals surface area contributed by atoms with Crippen LogP contribution in [0, 0.1) is 5.92 Å². The number of hydrogen-bond acceptors (Lipinski definition) is 3. The highest BCUT2D eigenvalue weighted by atomic mass is 32.1. The lowest BCUT2D eigenvalue weighted by atomic mass is 9.93. The van der Waals surface area contributed by atoms with Gasteiger partial charge in [-0.05, 0) is 60.9 Å². The van der Waals surface area contributed by atoms with Crippen LogP contribution in [-0.4, -0.2) is 36.3 Å². The first kappa shape index (κ1) is 19.9. The van der Waals surface area contributed by atoms with Gasteiger partial charge in [0.15, 0.2) is 0 Å². The third-order valence-corrected chi connectivity index (χ3v) is 6.44. The van der Waals surface area contributed by atoms with E-state index in [1.54, 1.807) is 15.9 Å². The van der Waals surface area contributed by atoms with E-state index in [9.17, 15) is 22.8 Å². The number of carbonyl (C=O) groups excluding carboxylic acids is 2. The minimum atomic E-state index is -4.40. The van der Waals surface area contributed by atoms with Crippen LogP contribution in [0.4, 0.5) is 18.9 Å². The molecule has 0 bridgehead atoms. The number of nitrogens with zero attached hydrogens (tertiary/aromatic N) is 2. The van der Waals surface area contributed by atoms with E-state index in [-0.39, 0.29) is 17.7 Å². The number of rotatable bonds is 2. The number of fused-ring (bicyclic) bond motifs is 1. The van der Waals surface area contributed by atoms with Gasteiger partial charge in [0, 0.05) is 25.3 Å². The predicted molar refractivity (Wildman–Crippen MR) is 105 cm³/mol. The Kier molecular flexibility index (Phi) is 5.38. The van der Waals surface area contributed by atoms with Crippen LogP contribution in [0.15, 0.2) is 35.7 Å². The standard InChI is InChI=1S/C21H21F3N2O2S/c22-21(23,24)16-7-8-17-14(12-16)4-2-10-26(17)19(27)15-5-1-9-25(13-15)20(28)18-6-3-11-29-18/h3,6-8,11-12,15H,1-2,4-5,9-10,13H2. The van der Waals surface area contributed by atoms with Crippen molar-refractivity contribution in [1.29, 1.82) is 0 Å². The summed E-state index contributed by atoms with van der Waals surface area (Å²) < 4.78 is 39.1. The summed E-state index contributed by atoms with van der Waals surface area (Å²) >= 11 is 1.38. The van der Waals surface area contributed by atoms with Crippen molar-refractivity contribution in [3.63, 3.8) is 0 Å². The molecule has 3 heterocycles. The van der Waals surface area contributed by atoms with Gasteiger partial charge in [-0.1, -0.05) is 6.07 Å². The molecule has 1 atom stereocenters. The molecular weight excluding hydrogens is 401 g/mol. The average Bonchev–Trinajstić information content (AvgIpc) is 3.26. The van der Waals surface area contributed by atoms with Gasteiger partial charge in [-0.2, -0.15) is 13.2 Å². The van der Waals surface area contributed by atoms with E-state index in [2.05, 4.69) is 0 Å². The lowest BCUT2D eigenvalue weighted by Crippen LogP contribution is -2.48. The number of alkyl halides is 3. The first-order chi connectivity index (χ1) is 13.8. The van der Waals surface area contributed by atoms with Crippen LogP contribution in [0.1, 0.15) is 40.1 Å². The van der Waals surface area contributed by atoms with Crippen LogP contribution < -0.4 is 4.90 Å². The van der Waals surface area contributed by atoms with Gasteiger partial charge in [-0.3, -0.25) is 9.59 Å². The van der Waals surface area contributed by atoms with Crippen molar-refractivity contribution >= 4 is 28.8 Å². The largest absolute Gasteiger partial charge is 0.416 e. The van der Waals surface area contributed by atoms with Crippen LogP contribution in [-0.2, 0) is 17.4 Å². The van der Waals surface area contributed by atoms with E-state index < -0.39 is 11.7 Å². The van der Waals surface area contributed by atoms with Crippen LogP contribution in [0.2, 0.25) is 0 Å². The van der Waals surface area contributed by atoms with E-state index in [0.717, 1.165) is 18.6 Å². The van der Waals surface area contributed by atoms with Crippen LogP contribution in [0.25, 0.3) is 0 Å². The molecule has 0 saturated carbocycles. The van der Waals surface area contributed by atoms with Gasteiger partial charge in [-0.25, -0.2) is 0 Å². The molecule has 1 saturated heterocycles.